The van der Waals surface area contributed by atoms with Gasteiger partial charge in [0.15, 0.2) is 0 Å². The molecule has 0 aliphatic heterocycles. The molecule has 2 nitrogen and oxygen atoms in total. The normalized spacial score (nSPS) is 17.1. The maximum Gasteiger partial charge on any atom is 0.0989 e. The van der Waals surface area contributed by atoms with Crippen molar-refractivity contribution < 1.29 is 42.4 Å². The molecule has 0 aromatic carbocycles. The number of hydrogen-bond acceptors (Lipinski definition) is 2. The van der Waals surface area contributed by atoms with Gasteiger partial charge in [-0.1, -0.05) is 6.92 Å². The van der Waals surface area contributed by atoms with Crippen LogP contribution in [0.5, 0.6) is 0 Å². The van der Waals surface area contributed by atoms with Gasteiger partial charge < -0.3 is 5.11 Å². The zero-order valence-electron chi connectivity index (χ0n) is 8.47. The number of aliphatic hydroxyl groups is 1. The maximum atomic E-state index is 9.71. The molecule has 1 atom stereocenters. The van der Waals surface area contributed by atoms with Crippen LogP contribution < -0.4 is 0 Å². The monoisotopic (exact) mass is 323 g/mol. The summed E-state index contributed by atoms with van der Waals surface area (Å²) in [4.78, 5) is 4.29. The Kier molecular flexibility index (Phi) is 8.12. The molecular formula is C9H19ErNO. The Bertz CT molecular complexity index is 153. The van der Waals surface area contributed by atoms with E-state index in [-0.39, 0.29) is 43.3 Å². The smallest absolute Gasteiger partial charge is 0.0989 e. The third-order valence-corrected chi connectivity index (χ3v) is 1.92. The van der Waals surface area contributed by atoms with Gasteiger partial charge in [-0.3, -0.25) is 4.99 Å². The summed E-state index contributed by atoms with van der Waals surface area (Å²) < 4.78 is 0. The minimum Gasteiger partial charge on any atom is -0.384 e. The van der Waals surface area contributed by atoms with Gasteiger partial charge in [-0.25, -0.2) is 0 Å². The molecule has 0 aliphatic rings. The standard InChI is InChI=1S/C9H19NO.Er/c1-6-9(5,11)8(4)10-7(2)3;/h7,11H,6H2,1-5H3;. The Morgan fingerprint density at radius 3 is 2.17 bits per heavy atom. The second-order valence-electron chi connectivity index (χ2n) is 3.44. The molecule has 0 radical (unpaired) electrons. The van der Waals surface area contributed by atoms with E-state index in [2.05, 4.69) is 4.99 Å². The van der Waals surface area contributed by atoms with E-state index in [0.717, 1.165) is 12.1 Å². The van der Waals surface area contributed by atoms with Gasteiger partial charge >= 0.3 is 0 Å². The minimum absolute atomic E-state index is 0. The summed E-state index contributed by atoms with van der Waals surface area (Å²) in [7, 11) is 0. The largest absolute Gasteiger partial charge is 0.384 e. The van der Waals surface area contributed by atoms with Crippen molar-refractivity contribution in [3.63, 3.8) is 0 Å². The number of hydrogen-bond donors (Lipinski definition) is 1. The molecule has 0 heterocycles. The summed E-state index contributed by atoms with van der Waals surface area (Å²) in [5, 5.41) is 9.71. The van der Waals surface area contributed by atoms with E-state index >= 15 is 0 Å². The van der Waals surface area contributed by atoms with Gasteiger partial charge in [0, 0.05) is 49.1 Å². The van der Waals surface area contributed by atoms with Gasteiger partial charge in [-0.2, -0.15) is 0 Å². The van der Waals surface area contributed by atoms with Crippen molar-refractivity contribution >= 4 is 5.71 Å². The van der Waals surface area contributed by atoms with E-state index in [0.29, 0.717) is 0 Å². The first kappa shape index (κ1) is 15.4. The van der Waals surface area contributed by atoms with Crippen molar-refractivity contribution in [3.05, 3.63) is 0 Å². The van der Waals surface area contributed by atoms with Crippen LogP contribution in [0.25, 0.3) is 0 Å². The van der Waals surface area contributed by atoms with Crippen LogP contribution in [0.4, 0.5) is 0 Å². The molecule has 0 aromatic rings. The molecule has 0 saturated carbocycles. The van der Waals surface area contributed by atoms with Gasteiger partial charge in [-0.05, 0) is 34.1 Å². The van der Waals surface area contributed by atoms with E-state index in [4.69, 9.17) is 0 Å². The Hall–Kier alpha value is 0.877. The molecule has 0 aliphatic carbocycles. The predicted molar refractivity (Wildman–Crippen MR) is 49.2 cm³/mol. The second-order valence-corrected chi connectivity index (χ2v) is 3.44. The molecule has 0 rings (SSSR count). The average Bonchev–Trinajstić information content (AvgIpc) is 1.86. The number of nitrogens with zero attached hydrogens (tertiary/aromatic N) is 1. The van der Waals surface area contributed by atoms with E-state index in [1.165, 1.54) is 0 Å². The van der Waals surface area contributed by atoms with Crippen LogP contribution in [0, 0.1) is 37.3 Å². The van der Waals surface area contributed by atoms with Crippen LogP contribution in [0.15, 0.2) is 4.99 Å². The van der Waals surface area contributed by atoms with Crippen LogP contribution >= 0.6 is 0 Å². The van der Waals surface area contributed by atoms with Crippen LogP contribution in [0.3, 0.4) is 0 Å². The molecule has 12 heavy (non-hydrogen) atoms. The molecule has 78 valence electrons. The van der Waals surface area contributed by atoms with E-state index in [1.807, 2.05) is 27.7 Å². The van der Waals surface area contributed by atoms with Crippen LogP contribution in [0.2, 0.25) is 0 Å². The van der Waals surface area contributed by atoms with Crippen molar-refractivity contribution in [2.24, 2.45) is 4.99 Å². The third kappa shape index (κ3) is 5.51. The maximum absolute atomic E-state index is 9.71. The topological polar surface area (TPSA) is 32.6 Å². The molecule has 0 aromatic heterocycles. The van der Waals surface area contributed by atoms with Crippen molar-refractivity contribution in [1.29, 1.82) is 0 Å². The van der Waals surface area contributed by atoms with E-state index in [9.17, 15) is 5.11 Å². The van der Waals surface area contributed by atoms with E-state index < -0.39 is 5.60 Å². The quantitative estimate of drug-likeness (QED) is 0.792. The van der Waals surface area contributed by atoms with Crippen molar-refractivity contribution in [2.75, 3.05) is 0 Å². The fourth-order valence-electron chi connectivity index (χ4n) is 0.782. The van der Waals surface area contributed by atoms with Gasteiger partial charge in [0.2, 0.25) is 0 Å². The summed E-state index contributed by atoms with van der Waals surface area (Å²) in [6.45, 7) is 9.65. The third-order valence-electron chi connectivity index (χ3n) is 1.92. The fourth-order valence-corrected chi connectivity index (χ4v) is 0.782. The Morgan fingerprint density at radius 2 is 1.92 bits per heavy atom. The summed E-state index contributed by atoms with van der Waals surface area (Å²) in [5.74, 6) is 0. The SMILES string of the molecule is CCC(C)(O)C(C)=NC(C)C.[Er]. The van der Waals surface area contributed by atoms with Crippen LogP contribution in [0.1, 0.15) is 41.0 Å². The number of rotatable bonds is 3. The summed E-state index contributed by atoms with van der Waals surface area (Å²) in [6.07, 6.45) is 0.717. The summed E-state index contributed by atoms with van der Waals surface area (Å²) in [6, 6.07) is 0.271. The van der Waals surface area contributed by atoms with Gasteiger partial charge in [-0.15, -0.1) is 0 Å². The van der Waals surface area contributed by atoms with Gasteiger partial charge in [0.25, 0.3) is 0 Å². The minimum atomic E-state index is -0.718. The predicted octanol–water partition coefficient (Wildman–Crippen LogP) is 2.02. The zero-order chi connectivity index (χ0) is 9.07. The molecule has 0 saturated heterocycles. The molecule has 0 spiro atoms. The van der Waals surface area contributed by atoms with Crippen LogP contribution in [-0.4, -0.2) is 22.5 Å². The summed E-state index contributed by atoms with van der Waals surface area (Å²) >= 11 is 0. The Morgan fingerprint density at radius 1 is 1.50 bits per heavy atom. The first-order chi connectivity index (χ1) is 4.90. The van der Waals surface area contributed by atoms with Gasteiger partial charge in [0.1, 0.15) is 0 Å². The first-order valence-corrected chi connectivity index (χ1v) is 4.17. The van der Waals surface area contributed by atoms with Crippen LogP contribution in [-0.2, 0) is 0 Å². The molecule has 3 heteroatoms. The summed E-state index contributed by atoms with van der Waals surface area (Å²) in [5.41, 5.74) is 0.111. The molecule has 0 fully saturated rings. The fraction of sp³-hybridized carbons (Fsp3) is 0.889. The second kappa shape index (κ2) is 6.35. The molecule has 1 unspecified atom stereocenters. The van der Waals surface area contributed by atoms with Gasteiger partial charge in [0.05, 0.1) is 5.60 Å². The Labute approximate surface area is 105 Å². The van der Waals surface area contributed by atoms with E-state index in [1.54, 1.807) is 6.92 Å². The average molecular weight is 325 g/mol. The molecule has 1 N–H and O–H groups in total. The number of aliphatic imine (C=N–C) groups is 1. The van der Waals surface area contributed by atoms with Crippen molar-refractivity contribution in [2.45, 2.75) is 52.7 Å². The first-order valence-electron chi connectivity index (χ1n) is 4.17. The molecule has 0 bridgehead atoms. The molecular weight excluding hydrogens is 305 g/mol. The Balaban J connectivity index is 0. The molecule has 0 amide bonds. The van der Waals surface area contributed by atoms with Crippen molar-refractivity contribution in [3.8, 4) is 0 Å². The van der Waals surface area contributed by atoms with Crippen molar-refractivity contribution in [1.82, 2.24) is 0 Å². The zero-order valence-corrected chi connectivity index (χ0v) is 10.3.